The van der Waals surface area contributed by atoms with E-state index in [1.807, 2.05) is 0 Å². The van der Waals surface area contributed by atoms with E-state index in [2.05, 4.69) is 10.5 Å². The van der Waals surface area contributed by atoms with Gasteiger partial charge in [-0.1, -0.05) is 23.7 Å². The number of hydrogen-bond donors (Lipinski definition) is 1. The van der Waals surface area contributed by atoms with E-state index in [1.54, 1.807) is 24.3 Å². The summed E-state index contributed by atoms with van der Waals surface area (Å²) in [6.45, 7) is 0. The Morgan fingerprint density at radius 2 is 2.07 bits per heavy atom. The monoisotopic (exact) mass is 224 g/mol. The minimum absolute atomic E-state index is 0.248. The molecule has 15 heavy (non-hydrogen) atoms. The molecule has 1 amide bonds. The number of carbonyl (C=O) groups is 1. The van der Waals surface area contributed by atoms with Gasteiger partial charge in [0, 0.05) is 17.7 Å². The highest BCUT2D eigenvalue weighted by Gasteiger charge is 2.30. The van der Waals surface area contributed by atoms with Gasteiger partial charge in [0.25, 0.3) is 5.91 Å². The quantitative estimate of drug-likeness (QED) is 0.821. The number of benzene rings is 1. The van der Waals surface area contributed by atoms with Crippen molar-refractivity contribution in [2.45, 2.75) is 6.10 Å². The summed E-state index contributed by atoms with van der Waals surface area (Å²) in [5.74, 6) is -0.248. The lowest BCUT2D eigenvalue weighted by Crippen LogP contribution is -2.31. The number of hydrogen-bond acceptors (Lipinski definition) is 3. The third-order valence-corrected chi connectivity index (χ3v) is 2.40. The molecule has 1 aliphatic rings. The minimum Gasteiger partial charge on any atom is -0.365 e. The standard InChI is InChI=1S/C10H9ClN2O2/c1-15-9-8(12-13-10(9)14)6-2-4-7(11)5-3-6/h2-5,9H,1H3,(H,13,14). The van der Waals surface area contributed by atoms with Crippen LogP contribution in [0.5, 0.6) is 0 Å². The highest BCUT2D eigenvalue weighted by molar-refractivity contribution is 6.30. The first-order chi connectivity index (χ1) is 7.22. The van der Waals surface area contributed by atoms with Crippen molar-refractivity contribution in [1.29, 1.82) is 0 Å². The fourth-order valence-electron chi connectivity index (χ4n) is 1.41. The van der Waals surface area contributed by atoms with Crippen LogP contribution in [0.2, 0.25) is 5.02 Å². The first-order valence-corrected chi connectivity index (χ1v) is 4.76. The predicted octanol–water partition coefficient (Wildman–Crippen LogP) is 1.19. The van der Waals surface area contributed by atoms with Gasteiger partial charge < -0.3 is 4.74 Å². The minimum atomic E-state index is -0.633. The van der Waals surface area contributed by atoms with Gasteiger partial charge in [-0.3, -0.25) is 4.79 Å². The second kappa shape index (κ2) is 4.00. The fraction of sp³-hybridized carbons (Fsp3) is 0.200. The second-order valence-corrected chi connectivity index (χ2v) is 3.53. The zero-order valence-electron chi connectivity index (χ0n) is 8.03. The van der Waals surface area contributed by atoms with Crippen LogP contribution in [0.25, 0.3) is 0 Å². The van der Waals surface area contributed by atoms with Crippen molar-refractivity contribution in [2.24, 2.45) is 5.10 Å². The molecule has 1 atom stereocenters. The topological polar surface area (TPSA) is 50.7 Å². The van der Waals surface area contributed by atoms with Crippen LogP contribution in [-0.4, -0.2) is 24.8 Å². The van der Waals surface area contributed by atoms with Crippen molar-refractivity contribution in [1.82, 2.24) is 5.43 Å². The number of nitrogens with one attached hydrogen (secondary N) is 1. The number of halogens is 1. The van der Waals surface area contributed by atoms with Gasteiger partial charge in [0.15, 0.2) is 6.10 Å². The lowest BCUT2D eigenvalue weighted by atomic mass is 10.1. The molecular formula is C10H9ClN2O2. The molecule has 0 saturated heterocycles. The van der Waals surface area contributed by atoms with Crippen molar-refractivity contribution in [3.8, 4) is 0 Å². The third kappa shape index (κ3) is 1.86. The number of nitrogens with zero attached hydrogens (tertiary/aromatic N) is 1. The lowest BCUT2D eigenvalue weighted by molar-refractivity contribution is -0.126. The molecule has 1 N–H and O–H groups in total. The smallest absolute Gasteiger partial charge is 0.275 e. The van der Waals surface area contributed by atoms with E-state index in [1.165, 1.54) is 7.11 Å². The normalized spacial score (nSPS) is 20.0. The second-order valence-electron chi connectivity index (χ2n) is 3.10. The molecule has 78 valence electrons. The van der Waals surface area contributed by atoms with Gasteiger partial charge >= 0.3 is 0 Å². The number of hydrazone groups is 1. The van der Waals surface area contributed by atoms with E-state index >= 15 is 0 Å². The zero-order valence-corrected chi connectivity index (χ0v) is 8.78. The summed E-state index contributed by atoms with van der Waals surface area (Å²) < 4.78 is 5.04. The van der Waals surface area contributed by atoms with Crippen LogP contribution in [0, 0.1) is 0 Å². The van der Waals surface area contributed by atoms with E-state index in [9.17, 15) is 4.79 Å². The van der Waals surface area contributed by atoms with E-state index in [4.69, 9.17) is 16.3 Å². The van der Waals surface area contributed by atoms with Crippen molar-refractivity contribution < 1.29 is 9.53 Å². The zero-order chi connectivity index (χ0) is 10.8. The van der Waals surface area contributed by atoms with Crippen LogP contribution in [0.1, 0.15) is 5.56 Å². The lowest BCUT2D eigenvalue weighted by Gasteiger charge is -2.07. The molecule has 0 bridgehead atoms. The summed E-state index contributed by atoms with van der Waals surface area (Å²) in [5.41, 5.74) is 3.78. The molecule has 0 saturated carbocycles. The molecule has 1 unspecified atom stereocenters. The maximum atomic E-state index is 11.3. The van der Waals surface area contributed by atoms with Crippen molar-refractivity contribution >= 4 is 23.2 Å². The number of methoxy groups -OCH3 is 1. The summed E-state index contributed by atoms with van der Waals surface area (Å²) in [6, 6.07) is 7.09. The summed E-state index contributed by atoms with van der Waals surface area (Å²) in [5, 5.41) is 4.56. The summed E-state index contributed by atoms with van der Waals surface area (Å²) in [4.78, 5) is 11.3. The third-order valence-electron chi connectivity index (χ3n) is 2.15. The highest BCUT2D eigenvalue weighted by Crippen LogP contribution is 2.15. The molecule has 2 rings (SSSR count). The summed E-state index contributed by atoms with van der Waals surface area (Å²) in [7, 11) is 1.47. The Balaban J connectivity index is 2.31. The van der Waals surface area contributed by atoms with Crippen LogP contribution < -0.4 is 5.43 Å². The molecule has 0 fully saturated rings. The van der Waals surface area contributed by atoms with Gasteiger partial charge in [0.05, 0.1) is 0 Å². The average molecular weight is 225 g/mol. The first-order valence-electron chi connectivity index (χ1n) is 4.38. The van der Waals surface area contributed by atoms with Crippen molar-refractivity contribution in [2.75, 3.05) is 7.11 Å². The van der Waals surface area contributed by atoms with E-state index in [0.717, 1.165) is 5.56 Å². The Morgan fingerprint density at radius 1 is 1.40 bits per heavy atom. The van der Waals surface area contributed by atoms with E-state index in [-0.39, 0.29) is 5.91 Å². The Labute approximate surface area is 91.9 Å². The predicted molar refractivity (Wildman–Crippen MR) is 56.9 cm³/mol. The van der Waals surface area contributed by atoms with Gasteiger partial charge in [-0.15, -0.1) is 0 Å². The summed E-state index contributed by atoms with van der Waals surface area (Å²) >= 11 is 5.76. The first kappa shape index (κ1) is 10.1. The molecule has 0 aromatic heterocycles. The van der Waals surface area contributed by atoms with Crippen LogP contribution in [-0.2, 0) is 9.53 Å². The maximum absolute atomic E-state index is 11.3. The average Bonchev–Trinajstić information content (AvgIpc) is 2.61. The number of rotatable bonds is 2. The molecule has 1 aromatic rings. The summed E-state index contributed by atoms with van der Waals surface area (Å²) in [6.07, 6.45) is -0.633. The Kier molecular flexibility index (Phi) is 2.70. The van der Waals surface area contributed by atoms with Crippen molar-refractivity contribution in [3.63, 3.8) is 0 Å². The molecule has 1 aromatic carbocycles. The van der Waals surface area contributed by atoms with Crippen LogP contribution in [0.3, 0.4) is 0 Å². The number of carbonyl (C=O) groups excluding carboxylic acids is 1. The molecule has 0 spiro atoms. The molecular weight excluding hydrogens is 216 g/mol. The van der Waals surface area contributed by atoms with Gasteiger partial charge in [-0.25, -0.2) is 5.43 Å². The molecule has 1 aliphatic heterocycles. The largest absolute Gasteiger partial charge is 0.365 e. The van der Waals surface area contributed by atoms with Crippen LogP contribution in [0.15, 0.2) is 29.4 Å². The molecule has 0 aliphatic carbocycles. The van der Waals surface area contributed by atoms with Gasteiger partial charge in [-0.05, 0) is 12.1 Å². The molecule has 1 heterocycles. The molecule has 0 radical (unpaired) electrons. The van der Waals surface area contributed by atoms with Gasteiger partial charge in [0.2, 0.25) is 0 Å². The number of amides is 1. The number of ether oxygens (including phenoxy) is 1. The van der Waals surface area contributed by atoms with Gasteiger partial charge in [0.1, 0.15) is 5.71 Å². The van der Waals surface area contributed by atoms with Gasteiger partial charge in [-0.2, -0.15) is 5.10 Å². The molecule has 4 nitrogen and oxygen atoms in total. The highest BCUT2D eigenvalue weighted by atomic mass is 35.5. The molecule has 5 heteroatoms. The maximum Gasteiger partial charge on any atom is 0.275 e. The SMILES string of the molecule is COC1C(=O)NN=C1c1ccc(Cl)cc1. The van der Waals surface area contributed by atoms with E-state index < -0.39 is 6.10 Å². The van der Waals surface area contributed by atoms with Crippen LogP contribution in [0.4, 0.5) is 0 Å². The Bertz CT molecular complexity index is 414. The fourth-order valence-corrected chi connectivity index (χ4v) is 1.54. The Hall–Kier alpha value is -1.39. The Morgan fingerprint density at radius 3 is 2.67 bits per heavy atom. The van der Waals surface area contributed by atoms with Crippen LogP contribution >= 0.6 is 11.6 Å². The van der Waals surface area contributed by atoms with E-state index in [0.29, 0.717) is 10.7 Å². The van der Waals surface area contributed by atoms with Crippen molar-refractivity contribution in [3.05, 3.63) is 34.9 Å².